The summed E-state index contributed by atoms with van der Waals surface area (Å²) >= 11 is 1.45. The summed E-state index contributed by atoms with van der Waals surface area (Å²) < 4.78 is 29.5. The molecule has 2 aromatic carbocycles. The van der Waals surface area contributed by atoms with Crippen molar-refractivity contribution < 1.29 is 8.42 Å². The van der Waals surface area contributed by atoms with Crippen LogP contribution in [0.25, 0.3) is 0 Å². The van der Waals surface area contributed by atoms with E-state index in [2.05, 4.69) is 32.7 Å². The highest BCUT2D eigenvalue weighted by atomic mass is 32.2. The normalized spacial score (nSPS) is 17.2. The zero-order valence-electron chi connectivity index (χ0n) is 17.9. The topological polar surface area (TPSA) is 93.0 Å². The molecule has 1 unspecified atom stereocenters. The van der Waals surface area contributed by atoms with Crippen molar-refractivity contribution in [3.8, 4) is 0 Å². The van der Waals surface area contributed by atoms with Crippen molar-refractivity contribution in [3.05, 3.63) is 83.5 Å². The van der Waals surface area contributed by atoms with Crippen LogP contribution in [0.3, 0.4) is 0 Å². The molecule has 1 atom stereocenters. The minimum Gasteiger partial charge on any atom is -0.313 e. The quantitative estimate of drug-likeness (QED) is 0.428. The molecule has 5 rings (SSSR count). The molecule has 2 aromatic heterocycles. The molecule has 0 spiro atoms. The zero-order valence-corrected chi connectivity index (χ0v) is 19.5. The molecular weight excluding hydrogens is 456 g/mol. The molecule has 8 nitrogen and oxygen atoms in total. The van der Waals surface area contributed by atoms with Gasteiger partial charge in [-0.2, -0.15) is 9.40 Å². The van der Waals surface area contributed by atoms with Crippen LogP contribution in [-0.2, 0) is 16.6 Å². The minimum absolute atomic E-state index is 0.0286. The number of hydrogen-bond donors (Lipinski definition) is 1. The molecule has 0 aliphatic carbocycles. The average molecular weight is 481 g/mol. The summed E-state index contributed by atoms with van der Waals surface area (Å²) in [4.78, 5) is 0.330. The standard InChI is InChI=1S/C23H24N6O2S2/c30-33(31,20-11-5-2-6-12-20)29-14-7-10-19(17-29)22-25-26-23(32-22)24-21-13-15-28(27-21)16-18-8-3-1-4-9-18/h1-6,8-9,11-13,15,19H,7,10,14,16-17H2,(H,24,26,27). The molecule has 0 saturated carbocycles. The van der Waals surface area contributed by atoms with E-state index in [0.29, 0.717) is 35.5 Å². The highest BCUT2D eigenvalue weighted by Gasteiger charge is 2.32. The molecule has 33 heavy (non-hydrogen) atoms. The predicted molar refractivity (Wildman–Crippen MR) is 128 cm³/mol. The second kappa shape index (κ2) is 9.42. The van der Waals surface area contributed by atoms with Crippen molar-refractivity contribution in [1.82, 2.24) is 24.3 Å². The number of nitrogens with zero attached hydrogens (tertiary/aromatic N) is 5. The fraction of sp³-hybridized carbons (Fsp3) is 0.261. The van der Waals surface area contributed by atoms with E-state index in [-0.39, 0.29) is 5.92 Å². The van der Waals surface area contributed by atoms with Gasteiger partial charge in [0.1, 0.15) is 5.01 Å². The summed E-state index contributed by atoms with van der Waals surface area (Å²) in [5.74, 6) is 0.728. The molecule has 170 valence electrons. The smallest absolute Gasteiger partial charge is 0.243 e. The fourth-order valence-corrected chi connectivity index (χ4v) is 6.37. The monoisotopic (exact) mass is 480 g/mol. The number of aromatic nitrogens is 4. The molecule has 1 aliphatic rings. The maximum absolute atomic E-state index is 13.0. The minimum atomic E-state index is -3.51. The molecule has 10 heteroatoms. The van der Waals surface area contributed by atoms with E-state index >= 15 is 0 Å². The van der Waals surface area contributed by atoms with Gasteiger partial charge in [-0.3, -0.25) is 4.68 Å². The Bertz CT molecular complexity index is 1310. The van der Waals surface area contributed by atoms with E-state index in [1.165, 1.54) is 16.9 Å². The Balaban J connectivity index is 1.24. The number of rotatable bonds is 7. The van der Waals surface area contributed by atoms with E-state index < -0.39 is 10.0 Å². The molecule has 0 bridgehead atoms. The lowest BCUT2D eigenvalue weighted by Crippen LogP contribution is -2.39. The Morgan fingerprint density at radius 2 is 1.76 bits per heavy atom. The molecule has 1 saturated heterocycles. The summed E-state index contributed by atoms with van der Waals surface area (Å²) in [7, 11) is -3.51. The van der Waals surface area contributed by atoms with Gasteiger partial charge in [0, 0.05) is 31.3 Å². The Morgan fingerprint density at radius 3 is 2.55 bits per heavy atom. The molecular formula is C23H24N6O2S2. The molecule has 3 heterocycles. The van der Waals surface area contributed by atoms with Crippen molar-refractivity contribution in [2.75, 3.05) is 18.4 Å². The second-order valence-corrected chi connectivity index (χ2v) is 10.9. The van der Waals surface area contributed by atoms with Crippen LogP contribution in [0.2, 0.25) is 0 Å². The van der Waals surface area contributed by atoms with Gasteiger partial charge < -0.3 is 5.32 Å². The molecule has 4 aromatic rings. The summed E-state index contributed by atoms with van der Waals surface area (Å²) in [5, 5.41) is 17.9. The highest BCUT2D eigenvalue weighted by Crippen LogP contribution is 2.33. The van der Waals surface area contributed by atoms with Crippen molar-refractivity contribution >= 4 is 32.3 Å². The van der Waals surface area contributed by atoms with E-state index in [1.807, 2.05) is 41.2 Å². The van der Waals surface area contributed by atoms with Crippen LogP contribution in [0.5, 0.6) is 0 Å². The number of nitrogens with one attached hydrogen (secondary N) is 1. The maximum atomic E-state index is 13.0. The third-order valence-corrected chi connectivity index (χ3v) is 8.50. The zero-order chi connectivity index (χ0) is 22.7. The van der Waals surface area contributed by atoms with Gasteiger partial charge in [-0.25, -0.2) is 8.42 Å². The summed E-state index contributed by atoms with van der Waals surface area (Å²) in [6, 6.07) is 20.7. The number of piperidine rings is 1. The average Bonchev–Trinajstić information content (AvgIpc) is 3.50. The van der Waals surface area contributed by atoms with Gasteiger partial charge in [0.25, 0.3) is 0 Å². The van der Waals surface area contributed by atoms with Gasteiger partial charge in [0.15, 0.2) is 5.82 Å². The largest absolute Gasteiger partial charge is 0.313 e. The molecule has 0 radical (unpaired) electrons. The number of anilines is 2. The second-order valence-electron chi connectivity index (χ2n) is 7.97. The molecule has 1 N–H and O–H groups in total. The first-order valence-electron chi connectivity index (χ1n) is 10.8. The first kappa shape index (κ1) is 21.7. The first-order chi connectivity index (χ1) is 16.1. The van der Waals surface area contributed by atoms with Crippen LogP contribution in [0.1, 0.15) is 29.3 Å². The van der Waals surface area contributed by atoms with Gasteiger partial charge in [-0.15, -0.1) is 10.2 Å². The maximum Gasteiger partial charge on any atom is 0.243 e. The van der Waals surface area contributed by atoms with Gasteiger partial charge >= 0.3 is 0 Å². The van der Waals surface area contributed by atoms with Crippen LogP contribution in [0, 0.1) is 0 Å². The van der Waals surface area contributed by atoms with Gasteiger partial charge in [-0.05, 0) is 30.5 Å². The SMILES string of the molecule is O=S(=O)(c1ccccc1)N1CCCC(c2nnc(Nc3ccn(Cc4ccccc4)n3)s2)C1. The Morgan fingerprint density at radius 1 is 1.00 bits per heavy atom. The van der Waals surface area contributed by atoms with Crippen LogP contribution in [-0.4, -0.2) is 45.8 Å². The van der Waals surface area contributed by atoms with Crippen molar-refractivity contribution in [2.45, 2.75) is 30.2 Å². The third kappa shape index (κ3) is 4.97. The van der Waals surface area contributed by atoms with Crippen LogP contribution in [0.15, 0.2) is 77.8 Å². The molecule has 1 fully saturated rings. The van der Waals surface area contributed by atoms with Gasteiger partial charge in [0.05, 0.1) is 11.4 Å². The Labute approximate surface area is 197 Å². The summed E-state index contributed by atoms with van der Waals surface area (Å²) in [6.07, 6.45) is 3.61. The van der Waals surface area contributed by atoms with Gasteiger partial charge in [0.2, 0.25) is 15.2 Å². The van der Waals surface area contributed by atoms with E-state index in [0.717, 1.165) is 17.8 Å². The van der Waals surface area contributed by atoms with E-state index in [9.17, 15) is 8.42 Å². The first-order valence-corrected chi connectivity index (χ1v) is 13.1. The predicted octanol–water partition coefficient (Wildman–Crippen LogP) is 4.09. The van der Waals surface area contributed by atoms with Crippen LogP contribution in [0.4, 0.5) is 10.9 Å². The van der Waals surface area contributed by atoms with Crippen molar-refractivity contribution in [1.29, 1.82) is 0 Å². The highest BCUT2D eigenvalue weighted by molar-refractivity contribution is 7.89. The summed E-state index contributed by atoms with van der Waals surface area (Å²) in [6.45, 7) is 1.63. The van der Waals surface area contributed by atoms with E-state index in [4.69, 9.17) is 0 Å². The number of benzene rings is 2. The molecule has 0 amide bonds. The van der Waals surface area contributed by atoms with Crippen LogP contribution >= 0.6 is 11.3 Å². The van der Waals surface area contributed by atoms with Crippen molar-refractivity contribution in [2.24, 2.45) is 0 Å². The van der Waals surface area contributed by atoms with Crippen LogP contribution < -0.4 is 5.32 Å². The Kier molecular flexibility index (Phi) is 6.21. The lowest BCUT2D eigenvalue weighted by atomic mass is 10.0. The third-order valence-electron chi connectivity index (χ3n) is 5.62. The lowest BCUT2D eigenvalue weighted by molar-refractivity contribution is 0.314. The fourth-order valence-electron chi connectivity index (χ4n) is 3.95. The Hall–Kier alpha value is -3.08. The molecule has 1 aliphatic heterocycles. The van der Waals surface area contributed by atoms with E-state index in [1.54, 1.807) is 28.6 Å². The summed E-state index contributed by atoms with van der Waals surface area (Å²) in [5.41, 5.74) is 1.18. The number of hydrogen-bond acceptors (Lipinski definition) is 7. The van der Waals surface area contributed by atoms with Crippen molar-refractivity contribution in [3.63, 3.8) is 0 Å². The number of sulfonamides is 1. The van der Waals surface area contributed by atoms with Gasteiger partial charge in [-0.1, -0.05) is 59.9 Å². The lowest BCUT2D eigenvalue weighted by Gasteiger charge is -2.30.